The number of nitrogens with one attached hydrogen (secondary N) is 2. The van der Waals surface area contributed by atoms with E-state index in [1.807, 2.05) is 35.9 Å². The summed E-state index contributed by atoms with van der Waals surface area (Å²) in [5.74, 6) is 1.58. The van der Waals surface area contributed by atoms with Crippen molar-refractivity contribution in [3.63, 3.8) is 0 Å². The van der Waals surface area contributed by atoms with Crippen molar-refractivity contribution in [1.29, 1.82) is 0 Å². The smallest absolute Gasteiger partial charge is 0.191 e. The van der Waals surface area contributed by atoms with Crippen LogP contribution >= 0.6 is 35.3 Å². The van der Waals surface area contributed by atoms with Crippen molar-refractivity contribution >= 4 is 41.3 Å². The van der Waals surface area contributed by atoms with Crippen LogP contribution < -0.4 is 15.4 Å². The third-order valence-corrected chi connectivity index (χ3v) is 4.58. The summed E-state index contributed by atoms with van der Waals surface area (Å²) in [4.78, 5) is 4.53. The second-order valence-corrected chi connectivity index (χ2v) is 6.79. The van der Waals surface area contributed by atoms with Crippen LogP contribution in [0, 0.1) is 0 Å². The molecule has 26 heavy (non-hydrogen) atoms. The van der Waals surface area contributed by atoms with Crippen LogP contribution in [0.15, 0.2) is 46.1 Å². The van der Waals surface area contributed by atoms with Gasteiger partial charge in [-0.2, -0.15) is 11.3 Å². The molecule has 1 heterocycles. The number of ether oxygens (including phenoxy) is 1. The first-order chi connectivity index (χ1) is 12.0. The Labute approximate surface area is 176 Å². The van der Waals surface area contributed by atoms with Gasteiger partial charge in [0, 0.05) is 13.1 Å². The molecule has 0 saturated heterocycles. The molecule has 0 radical (unpaired) electrons. The van der Waals surface area contributed by atoms with Crippen molar-refractivity contribution in [2.75, 3.05) is 26.7 Å². The van der Waals surface area contributed by atoms with Gasteiger partial charge in [0.2, 0.25) is 0 Å². The van der Waals surface area contributed by atoms with Crippen LogP contribution in [0.5, 0.6) is 5.75 Å². The van der Waals surface area contributed by atoms with Gasteiger partial charge in [-0.3, -0.25) is 0 Å². The van der Waals surface area contributed by atoms with Gasteiger partial charge in [-0.05, 0) is 60.4 Å². The lowest BCUT2D eigenvalue weighted by atomic mass is 10.00. The SMILES string of the molecule is CCNC(=NCC(C)(O)c1ccsc1)NCCc1ccc(OC)cc1.I. The van der Waals surface area contributed by atoms with Gasteiger partial charge in [0.1, 0.15) is 11.4 Å². The molecule has 3 N–H and O–H groups in total. The fourth-order valence-corrected chi connectivity index (χ4v) is 3.14. The number of thiophene rings is 1. The van der Waals surface area contributed by atoms with Crippen LogP contribution in [0.25, 0.3) is 0 Å². The number of methoxy groups -OCH3 is 1. The first-order valence-corrected chi connectivity index (χ1v) is 9.39. The second kappa shape index (κ2) is 11.4. The van der Waals surface area contributed by atoms with E-state index in [1.54, 1.807) is 25.4 Å². The molecule has 0 aliphatic heterocycles. The minimum absolute atomic E-state index is 0. The van der Waals surface area contributed by atoms with E-state index in [2.05, 4.69) is 27.8 Å². The van der Waals surface area contributed by atoms with Gasteiger partial charge in [-0.1, -0.05) is 12.1 Å². The standard InChI is InChI=1S/C19H27N3O2S.HI/c1-4-20-18(22-14-19(2,23)16-10-12-25-13-16)21-11-9-15-5-7-17(24-3)8-6-15;/h5-8,10,12-13,23H,4,9,11,14H2,1-3H3,(H2,20,21,22);1H. The van der Waals surface area contributed by atoms with E-state index in [9.17, 15) is 5.11 Å². The molecule has 2 aromatic rings. The Hall–Kier alpha value is -1.32. The van der Waals surface area contributed by atoms with Gasteiger partial charge >= 0.3 is 0 Å². The number of rotatable bonds is 8. The average molecular weight is 489 g/mol. The predicted molar refractivity (Wildman–Crippen MR) is 120 cm³/mol. The van der Waals surface area contributed by atoms with Crippen LogP contribution in [0.4, 0.5) is 0 Å². The lowest BCUT2D eigenvalue weighted by Gasteiger charge is -2.21. The third-order valence-electron chi connectivity index (χ3n) is 3.90. The second-order valence-electron chi connectivity index (χ2n) is 6.01. The number of aliphatic imine (C=N–C) groups is 1. The number of benzene rings is 1. The van der Waals surface area contributed by atoms with E-state index in [4.69, 9.17) is 4.74 Å². The highest BCUT2D eigenvalue weighted by Gasteiger charge is 2.23. The normalized spacial score (nSPS) is 13.5. The zero-order chi connectivity index (χ0) is 18.1. The molecule has 1 unspecified atom stereocenters. The molecule has 7 heteroatoms. The Balaban J connectivity index is 0.00000338. The Morgan fingerprint density at radius 3 is 2.54 bits per heavy atom. The van der Waals surface area contributed by atoms with Gasteiger partial charge in [0.05, 0.1) is 13.7 Å². The van der Waals surface area contributed by atoms with E-state index < -0.39 is 5.60 Å². The van der Waals surface area contributed by atoms with Gasteiger partial charge < -0.3 is 20.5 Å². The van der Waals surface area contributed by atoms with Crippen LogP contribution in [0.3, 0.4) is 0 Å². The minimum Gasteiger partial charge on any atom is -0.497 e. The fourth-order valence-electron chi connectivity index (χ4n) is 2.35. The number of nitrogens with zero attached hydrogens (tertiary/aromatic N) is 1. The first-order valence-electron chi connectivity index (χ1n) is 8.45. The summed E-state index contributed by atoms with van der Waals surface area (Å²) in [5, 5.41) is 21.0. The van der Waals surface area contributed by atoms with Crippen LogP contribution in [-0.4, -0.2) is 37.8 Å². The van der Waals surface area contributed by atoms with Crippen molar-refractivity contribution in [2.45, 2.75) is 25.9 Å². The zero-order valence-corrected chi connectivity index (χ0v) is 18.6. The molecular formula is C19H28IN3O2S. The van der Waals surface area contributed by atoms with Crippen LogP contribution in [0.1, 0.15) is 25.0 Å². The Morgan fingerprint density at radius 2 is 1.96 bits per heavy atom. The van der Waals surface area contributed by atoms with Crippen LogP contribution in [-0.2, 0) is 12.0 Å². The topological polar surface area (TPSA) is 65.9 Å². The van der Waals surface area contributed by atoms with E-state index in [0.717, 1.165) is 30.8 Å². The van der Waals surface area contributed by atoms with E-state index >= 15 is 0 Å². The predicted octanol–water partition coefficient (Wildman–Crippen LogP) is 3.38. The maximum Gasteiger partial charge on any atom is 0.191 e. The van der Waals surface area contributed by atoms with Crippen molar-refractivity contribution in [3.05, 3.63) is 52.2 Å². The molecule has 1 aromatic heterocycles. The van der Waals surface area contributed by atoms with E-state index in [1.165, 1.54) is 5.56 Å². The van der Waals surface area contributed by atoms with Crippen molar-refractivity contribution in [3.8, 4) is 5.75 Å². The Kier molecular flexibility index (Phi) is 9.97. The quantitative estimate of drug-likeness (QED) is 0.302. The number of aliphatic hydroxyl groups is 1. The molecule has 0 saturated carbocycles. The highest BCUT2D eigenvalue weighted by molar-refractivity contribution is 14.0. The van der Waals surface area contributed by atoms with Crippen molar-refractivity contribution in [2.24, 2.45) is 4.99 Å². The summed E-state index contributed by atoms with van der Waals surface area (Å²) in [6.45, 7) is 5.66. The molecule has 1 atom stereocenters. The van der Waals surface area contributed by atoms with Gasteiger partial charge in [0.15, 0.2) is 5.96 Å². The summed E-state index contributed by atoms with van der Waals surface area (Å²) in [5.41, 5.74) is 1.17. The highest BCUT2D eigenvalue weighted by Crippen LogP contribution is 2.23. The van der Waals surface area contributed by atoms with E-state index in [-0.39, 0.29) is 24.0 Å². The molecule has 0 amide bonds. The molecule has 0 bridgehead atoms. The van der Waals surface area contributed by atoms with Gasteiger partial charge in [-0.15, -0.1) is 24.0 Å². The monoisotopic (exact) mass is 489 g/mol. The summed E-state index contributed by atoms with van der Waals surface area (Å²) >= 11 is 1.58. The van der Waals surface area contributed by atoms with Crippen molar-refractivity contribution < 1.29 is 9.84 Å². The van der Waals surface area contributed by atoms with Crippen LogP contribution in [0.2, 0.25) is 0 Å². The largest absolute Gasteiger partial charge is 0.497 e. The Morgan fingerprint density at radius 1 is 1.23 bits per heavy atom. The third kappa shape index (κ3) is 7.13. The van der Waals surface area contributed by atoms with Crippen molar-refractivity contribution in [1.82, 2.24) is 10.6 Å². The molecule has 144 valence electrons. The summed E-state index contributed by atoms with van der Waals surface area (Å²) in [6, 6.07) is 9.99. The molecule has 1 aromatic carbocycles. The summed E-state index contributed by atoms with van der Waals surface area (Å²) in [7, 11) is 1.67. The van der Waals surface area contributed by atoms with Gasteiger partial charge in [0.25, 0.3) is 0 Å². The van der Waals surface area contributed by atoms with E-state index in [0.29, 0.717) is 12.5 Å². The maximum absolute atomic E-state index is 10.6. The fraction of sp³-hybridized carbons (Fsp3) is 0.421. The lowest BCUT2D eigenvalue weighted by Crippen LogP contribution is -2.39. The molecule has 0 spiro atoms. The number of guanidine groups is 1. The molecule has 0 aliphatic carbocycles. The number of halogens is 1. The molecule has 0 fully saturated rings. The molecular weight excluding hydrogens is 461 g/mol. The highest BCUT2D eigenvalue weighted by atomic mass is 127. The van der Waals surface area contributed by atoms with Gasteiger partial charge in [-0.25, -0.2) is 4.99 Å². The summed E-state index contributed by atoms with van der Waals surface area (Å²) in [6.07, 6.45) is 0.884. The Bertz CT molecular complexity index is 658. The molecule has 5 nitrogen and oxygen atoms in total. The zero-order valence-electron chi connectivity index (χ0n) is 15.5. The number of hydrogen-bond acceptors (Lipinski definition) is 4. The average Bonchev–Trinajstić information content (AvgIpc) is 3.16. The first kappa shape index (κ1) is 22.7. The number of hydrogen-bond donors (Lipinski definition) is 3. The lowest BCUT2D eigenvalue weighted by molar-refractivity contribution is 0.0677. The molecule has 2 rings (SSSR count). The maximum atomic E-state index is 10.6. The summed E-state index contributed by atoms with van der Waals surface area (Å²) < 4.78 is 5.17. The molecule has 0 aliphatic rings. The minimum atomic E-state index is -0.960.